The highest BCUT2D eigenvalue weighted by atomic mass is 79.9. The molecule has 1 aromatic rings. The van der Waals surface area contributed by atoms with E-state index in [2.05, 4.69) is 25.8 Å². The standard InChI is InChI=1S/C14H21BrN4O2/c1-14(2,3)21-13(20)19-6-4-18(5-7-19)12-11(15)8-10(16)9-17-12/h8-9H,4-7,16H2,1-3H3. The zero-order valence-corrected chi connectivity index (χ0v) is 14.2. The molecule has 0 saturated carbocycles. The van der Waals surface area contributed by atoms with Gasteiger partial charge in [-0.05, 0) is 42.8 Å². The van der Waals surface area contributed by atoms with Crippen molar-refractivity contribution in [2.75, 3.05) is 36.8 Å². The molecular formula is C14H21BrN4O2. The van der Waals surface area contributed by atoms with Crippen LogP contribution in [0, 0.1) is 0 Å². The maximum absolute atomic E-state index is 12.0. The number of aromatic nitrogens is 1. The summed E-state index contributed by atoms with van der Waals surface area (Å²) in [6.07, 6.45) is 1.38. The van der Waals surface area contributed by atoms with Gasteiger partial charge in [0.25, 0.3) is 0 Å². The van der Waals surface area contributed by atoms with Crippen molar-refractivity contribution in [3.8, 4) is 0 Å². The fourth-order valence-corrected chi connectivity index (χ4v) is 2.72. The van der Waals surface area contributed by atoms with Gasteiger partial charge in [-0.3, -0.25) is 0 Å². The molecule has 1 amide bonds. The lowest BCUT2D eigenvalue weighted by molar-refractivity contribution is 0.0240. The van der Waals surface area contributed by atoms with E-state index in [1.807, 2.05) is 26.8 Å². The average molecular weight is 357 g/mol. The Morgan fingerprint density at radius 1 is 1.33 bits per heavy atom. The molecule has 6 nitrogen and oxygen atoms in total. The van der Waals surface area contributed by atoms with Crippen LogP contribution in [0.4, 0.5) is 16.3 Å². The number of piperazine rings is 1. The van der Waals surface area contributed by atoms with Crippen LogP contribution in [0.15, 0.2) is 16.7 Å². The lowest BCUT2D eigenvalue weighted by atomic mass is 10.2. The van der Waals surface area contributed by atoms with E-state index < -0.39 is 5.60 Å². The predicted octanol–water partition coefficient (Wildman–Crippen LogP) is 2.48. The molecule has 2 N–H and O–H groups in total. The van der Waals surface area contributed by atoms with Gasteiger partial charge in [-0.1, -0.05) is 0 Å². The maximum atomic E-state index is 12.0. The molecule has 1 aliphatic heterocycles. The molecule has 0 radical (unpaired) electrons. The predicted molar refractivity (Wildman–Crippen MR) is 86.4 cm³/mol. The second-order valence-corrected chi connectivity index (χ2v) is 6.88. The average Bonchev–Trinajstić information content (AvgIpc) is 2.37. The molecule has 0 aromatic carbocycles. The molecule has 1 fully saturated rings. The summed E-state index contributed by atoms with van der Waals surface area (Å²) in [7, 11) is 0. The van der Waals surface area contributed by atoms with Gasteiger partial charge in [0.2, 0.25) is 0 Å². The van der Waals surface area contributed by atoms with Crippen molar-refractivity contribution < 1.29 is 9.53 Å². The molecule has 116 valence electrons. The van der Waals surface area contributed by atoms with Crippen molar-refractivity contribution in [3.05, 3.63) is 16.7 Å². The summed E-state index contributed by atoms with van der Waals surface area (Å²) < 4.78 is 6.25. The van der Waals surface area contributed by atoms with Crippen LogP contribution in [-0.2, 0) is 4.74 Å². The summed E-state index contributed by atoms with van der Waals surface area (Å²) in [5.74, 6) is 0.855. The Morgan fingerprint density at radius 3 is 2.48 bits per heavy atom. The number of nitrogen functional groups attached to an aromatic ring is 1. The number of anilines is 2. The number of ether oxygens (including phenoxy) is 1. The Labute approximate surface area is 133 Å². The molecule has 21 heavy (non-hydrogen) atoms. The topological polar surface area (TPSA) is 71.7 Å². The Balaban J connectivity index is 1.95. The molecule has 1 aromatic heterocycles. The third kappa shape index (κ3) is 4.23. The Hall–Kier alpha value is -1.50. The minimum absolute atomic E-state index is 0.258. The molecule has 1 saturated heterocycles. The van der Waals surface area contributed by atoms with Gasteiger partial charge in [-0.2, -0.15) is 0 Å². The number of pyridine rings is 1. The number of nitrogens with zero attached hydrogens (tertiary/aromatic N) is 3. The minimum Gasteiger partial charge on any atom is -0.444 e. The number of carbonyl (C=O) groups excluding carboxylic acids is 1. The monoisotopic (exact) mass is 356 g/mol. The number of hydrogen-bond acceptors (Lipinski definition) is 5. The summed E-state index contributed by atoms with van der Waals surface area (Å²) in [4.78, 5) is 20.2. The third-order valence-corrected chi connectivity index (χ3v) is 3.66. The number of nitrogens with two attached hydrogens (primary N) is 1. The fourth-order valence-electron chi connectivity index (χ4n) is 2.11. The van der Waals surface area contributed by atoms with Crippen molar-refractivity contribution in [3.63, 3.8) is 0 Å². The van der Waals surface area contributed by atoms with E-state index in [-0.39, 0.29) is 6.09 Å². The highest BCUT2D eigenvalue weighted by Gasteiger charge is 2.26. The number of rotatable bonds is 1. The summed E-state index contributed by atoms with van der Waals surface area (Å²) in [6.45, 7) is 8.29. The third-order valence-electron chi connectivity index (χ3n) is 3.07. The Morgan fingerprint density at radius 2 is 1.95 bits per heavy atom. The van der Waals surface area contributed by atoms with Gasteiger partial charge >= 0.3 is 6.09 Å². The van der Waals surface area contributed by atoms with Crippen molar-refractivity contribution in [1.82, 2.24) is 9.88 Å². The van der Waals surface area contributed by atoms with E-state index in [4.69, 9.17) is 10.5 Å². The van der Waals surface area contributed by atoms with Gasteiger partial charge in [0, 0.05) is 26.2 Å². The second kappa shape index (κ2) is 6.09. The van der Waals surface area contributed by atoms with Crippen molar-refractivity contribution >= 4 is 33.5 Å². The van der Waals surface area contributed by atoms with Crippen LogP contribution in [-0.4, -0.2) is 47.8 Å². The number of amides is 1. The highest BCUT2D eigenvalue weighted by molar-refractivity contribution is 9.10. The van der Waals surface area contributed by atoms with Crippen LogP contribution in [0.25, 0.3) is 0 Å². The van der Waals surface area contributed by atoms with Crippen LogP contribution >= 0.6 is 15.9 Å². The second-order valence-electron chi connectivity index (χ2n) is 6.03. The first kappa shape index (κ1) is 15.9. The van der Waals surface area contributed by atoms with Gasteiger partial charge in [-0.15, -0.1) is 0 Å². The van der Waals surface area contributed by atoms with Crippen molar-refractivity contribution in [1.29, 1.82) is 0 Å². The van der Waals surface area contributed by atoms with Crippen LogP contribution in [0.2, 0.25) is 0 Å². The van der Waals surface area contributed by atoms with Gasteiger partial charge < -0.3 is 20.3 Å². The fraction of sp³-hybridized carbons (Fsp3) is 0.571. The van der Waals surface area contributed by atoms with Crippen LogP contribution < -0.4 is 10.6 Å². The lowest BCUT2D eigenvalue weighted by Crippen LogP contribution is -2.50. The smallest absolute Gasteiger partial charge is 0.410 e. The van der Waals surface area contributed by atoms with Gasteiger partial charge in [0.1, 0.15) is 11.4 Å². The first-order valence-corrected chi connectivity index (χ1v) is 7.69. The SMILES string of the molecule is CC(C)(C)OC(=O)N1CCN(c2ncc(N)cc2Br)CC1. The Kier molecular flexibility index (Phi) is 4.61. The highest BCUT2D eigenvalue weighted by Crippen LogP contribution is 2.26. The quantitative estimate of drug-likeness (QED) is 0.836. The molecule has 0 atom stereocenters. The van der Waals surface area contributed by atoms with E-state index in [1.54, 1.807) is 11.1 Å². The van der Waals surface area contributed by atoms with Crippen molar-refractivity contribution in [2.45, 2.75) is 26.4 Å². The van der Waals surface area contributed by atoms with E-state index in [9.17, 15) is 4.79 Å². The summed E-state index contributed by atoms with van der Waals surface area (Å²) in [5.41, 5.74) is 5.86. The molecule has 0 spiro atoms. The van der Waals surface area contributed by atoms with Gasteiger partial charge in [0.15, 0.2) is 0 Å². The minimum atomic E-state index is -0.463. The molecule has 2 rings (SSSR count). The van der Waals surface area contributed by atoms with Gasteiger partial charge in [0.05, 0.1) is 16.4 Å². The number of carbonyl (C=O) groups is 1. The number of halogens is 1. The first-order valence-electron chi connectivity index (χ1n) is 6.90. The zero-order valence-electron chi connectivity index (χ0n) is 12.6. The lowest BCUT2D eigenvalue weighted by Gasteiger charge is -2.36. The Bertz CT molecular complexity index is 522. The van der Waals surface area contributed by atoms with E-state index >= 15 is 0 Å². The van der Waals surface area contributed by atoms with Crippen molar-refractivity contribution in [2.24, 2.45) is 0 Å². The first-order chi connectivity index (χ1) is 9.76. The summed E-state index contributed by atoms with van der Waals surface area (Å²) in [6, 6.07) is 1.84. The van der Waals surface area contributed by atoms with E-state index in [0.29, 0.717) is 18.8 Å². The van der Waals surface area contributed by atoms with Gasteiger partial charge in [-0.25, -0.2) is 9.78 Å². The summed E-state index contributed by atoms with van der Waals surface area (Å²) in [5, 5.41) is 0. The van der Waals surface area contributed by atoms with Crippen LogP contribution in [0.1, 0.15) is 20.8 Å². The molecule has 0 unspecified atom stereocenters. The molecule has 0 aliphatic carbocycles. The molecule has 7 heteroatoms. The largest absolute Gasteiger partial charge is 0.444 e. The molecular weight excluding hydrogens is 336 g/mol. The normalized spacial score (nSPS) is 16.0. The zero-order chi connectivity index (χ0) is 15.6. The number of hydrogen-bond donors (Lipinski definition) is 1. The summed E-state index contributed by atoms with van der Waals surface area (Å²) >= 11 is 3.48. The molecule has 1 aliphatic rings. The van der Waals surface area contributed by atoms with Crippen LogP contribution in [0.3, 0.4) is 0 Å². The van der Waals surface area contributed by atoms with Crippen LogP contribution in [0.5, 0.6) is 0 Å². The molecule has 2 heterocycles. The van der Waals surface area contributed by atoms with E-state index in [1.165, 1.54) is 0 Å². The maximum Gasteiger partial charge on any atom is 0.410 e. The molecule has 0 bridgehead atoms. The van der Waals surface area contributed by atoms with E-state index in [0.717, 1.165) is 23.4 Å².